The van der Waals surface area contributed by atoms with Crippen LogP contribution in [-0.2, 0) is 17.3 Å². The SMILES string of the molecule is CCC(CCC(C)C(C)(C)c1ccc(C(C)(C)c2ccc(-n3c4c(c5ccccc53)N=CC=CC4)cc2)cc1)n1c2ccccc2c2ncccc21. The Morgan fingerprint density at radius 1 is 0.692 bits per heavy atom. The Morgan fingerprint density at radius 3 is 2.06 bits per heavy atom. The van der Waals surface area contributed by atoms with Gasteiger partial charge in [0.25, 0.3) is 0 Å². The molecule has 8 rings (SSSR count). The lowest BCUT2D eigenvalue weighted by Gasteiger charge is -2.35. The normalized spacial score (nSPS) is 14.6. The van der Waals surface area contributed by atoms with E-state index in [1.807, 2.05) is 18.5 Å². The van der Waals surface area contributed by atoms with E-state index in [1.165, 1.54) is 55.4 Å². The lowest BCUT2D eigenvalue weighted by atomic mass is 9.71. The molecule has 0 spiro atoms. The first-order valence-electron chi connectivity index (χ1n) is 19.1. The number of pyridine rings is 1. The molecule has 7 aromatic rings. The summed E-state index contributed by atoms with van der Waals surface area (Å²) in [5.41, 5.74) is 12.3. The Kier molecular flexibility index (Phi) is 8.73. The van der Waals surface area contributed by atoms with Gasteiger partial charge in [0.05, 0.1) is 33.4 Å². The van der Waals surface area contributed by atoms with Crippen LogP contribution in [0, 0.1) is 5.92 Å². The highest BCUT2D eigenvalue weighted by Gasteiger charge is 2.30. The molecule has 4 heterocycles. The number of nitrogens with zero attached hydrogens (tertiary/aromatic N) is 4. The van der Waals surface area contributed by atoms with E-state index >= 15 is 0 Å². The molecule has 4 aromatic carbocycles. The van der Waals surface area contributed by atoms with Gasteiger partial charge in [-0.1, -0.05) is 120 Å². The lowest BCUT2D eigenvalue weighted by Crippen LogP contribution is -2.28. The first-order valence-corrected chi connectivity index (χ1v) is 19.1. The van der Waals surface area contributed by atoms with Crippen LogP contribution >= 0.6 is 0 Å². The molecule has 2 unspecified atom stereocenters. The van der Waals surface area contributed by atoms with Crippen LogP contribution in [0.4, 0.5) is 5.69 Å². The van der Waals surface area contributed by atoms with Crippen molar-refractivity contribution in [2.45, 2.75) is 84.1 Å². The van der Waals surface area contributed by atoms with Gasteiger partial charge in [0.15, 0.2) is 0 Å². The van der Waals surface area contributed by atoms with E-state index in [-0.39, 0.29) is 10.8 Å². The van der Waals surface area contributed by atoms with Crippen molar-refractivity contribution in [3.05, 3.63) is 150 Å². The summed E-state index contributed by atoms with van der Waals surface area (Å²) in [5, 5.41) is 2.45. The van der Waals surface area contributed by atoms with Crippen molar-refractivity contribution in [3.8, 4) is 5.69 Å². The molecule has 0 amide bonds. The molecule has 0 saturated carbocycles. The summed E-state index contributed by atoms with van der Waals surface area (Å²) in [7, 11) is 0. The molecule has 4 nitrogen and oxygen atoms in total. The van der Waals surface area contributed by atoms with E-state index in [0.29, 0.717) is 12.0 Å². The third-order valence-corrected chi connectivity index (χ3v) is 12.3. The number of hydrogen-bond donors (Lipinski definition) is 0. The number of aliphatic imine (C=N–C) groups is 1. The van der Waals surface area contributed by atoms with Gasteiger partial charge in [0.1, 0.15) is 0 Å². The van der Waals surface area contributed by atoms with Gasteiger partial charge in [-0.3, -0.25) is 9.98 Å². The maximum Gasteiger partial charge on any atom is 0.0959 e. The molecule has 0 N–H and O–H groups in total. The fourth-order valence-corrected chi connectivity index (χ4v) is 8.58. The first-order chi connectivity index (χ1) is 25.2. The fourth-order valence-electron chi connectivity index (χ4n) is 8.58. The minimum Gasteiger partial charge on any atom is -0.336 e. The van der Waals surface area contributed by atoms with Crippen molar-refractivity contribution >= 4 is 44.7 Å². The van der Waals surface area contributed by atoms with Crippen LogP contribution in [0.25, 0.3) is 38.5 Å². The summed E-state index contributed by atoms with van der Waals surface area (Å²) >= 11 is 0. The Hall–Kier alpha value is -5.22. The predicted octanol–water partition coefficient (Wildman–Crippen LogP) is 12.6. The van der Waals surface area contributed by atoms with Crippen LogP contribution < -0.4 is 0 Å². The zero-order valence-electron chi connectivity index (χ0n) is 31.5. The van der Waals surface area contributed by atoms with E-state index in [1.54, 1.807) is 0 Å². The van der Waals surface area contributed by atoms with Crippen molar-refractivity contribution < 1.29 is 0 Å². The second-order valence-corrected chi connectivity index (χ2v) is 15.8. The molecule has 1 aliphatic rings. The van der Waals surface area contributed by atoms with Crippen LogP contribution in [0.3, 0.4) is 0 Å². The summed E-state index contributed by atoms with van der Waals surface area (Å²) in [6, 6.07) is 40.8. The highest BCUT2D eigenvalue weighted by atomic mass is 15.0. The van der Waals surface area contributed by atoms with Crippen LogP contribution in [0.1, 0.15) is 89.2 Å². The topological polar surface area (TPSA) is 35.1 Å². The predicted molar refractivity (Wildman–Crippen MR) is 221 cm³/mol. The number of rotatable bonds is 10. The van der Waals surface area contributed by atoms with Crippen LogP contribution in [0.15, 0.2) is 133 Å². The number of aromatic nitrogens is 3. The van der Waals surface area contributed by atoms with Crippen molar-refractivity contribution in [2.24, 2.45) is 10.9 Å². The molecule has 262 valence electrons. The largest absolute Gasteiger partial charge is 0.336 e. The number of hydrogen-bond acceptors (Lipinski definition) is 2. The summed E-state index contributed by atoms with van der Waals surface area (Å²) in [6.45, 7) is 14.3. The summed E-state index contributed by atoms with van der Waals surface area (Å²) in [5.74, 6) is 0.514. The fraction of sp³-hybridized carbons (Fsp3) is 0.292. The molecule has 0 aliphatic carbocycles. The lowest BCUT2D eigenvalue weighted by molar-refractivity contribution is 0.294. The monoisotopic (exact) mass is 682 g/mol. The standard InChI is InChI=1S/C48H50N4/c1-7-37(51-41-17-10-8-15-39(41)46-44(51)20-14-32-50-46)28-21-33(2)47(3,4)34-22-24-35(25-23-34)48(5,6)36-26-29-38(30-27-36)52-42-18-11-9-16-40(42)45-43(52)19-12-13-31-49-45/h8-18,20,22-27,29-33,37H,7,19,21,28H2,1-6H3. The second-order valence-electron chi connectivity index (χ2n) is 15.8. The van der Waals surface area contributed by atoms with Crippen LogP contribution in [0.2, 0.25) is 0 Å². The Bertz CT molecular complexity index is 2380. The number of para-hydroxylation sites is 2. The van der Waals surface area contributed by atoms with E-state index in [4.69, 9.17) is 9.98 Å². The minimum absolute atomic E-state index is 0.0434. The van der Waals surface area contributed by atoms with E-state index in [2.05, 4.69) is 166 Å². The zero-order valence-corrected chi connectivity index (χ0v) is 31.5. The molecule has 0 bridgehead atoms. The molecule has 2 atom stereocenters. The van der Waals surface area contributed by atoms with Gasteiger partial charge < -0.3 is 9.13 Å². The van der Waals surface area contributed by atoms with Gasteiger partial charge in [-0.15, -0.1) is 0 Å². The highest BCUT2D eigenvalue weighted by Crippen LogP contribution is 2.41. The average molecular weight is 683 g/mol. The van der Waals surface area contributed by atoms with Gasteiger partial charge >= 0.3 is 0 Å². The Labute approximate surface area is 308 Å². The van der Waals surface area contributed by atoms with Crippen LogP contribution in [0.5, 0.6) is 0 Å². The molecular weight excluding hydrogens is 633 g/mol. The van der Waals surface area contributed by atoms with Gasteiger partial charge in [-0.2, -0.15) is 0 Å². The average Bonchev–Trinajstić information content (AvgIpc) is 3.55. The minimum atomic E-state index is -0.138. The highest BCUT2D eigenvalue weighted by molar-refractivity contribution is 6.05. The molecule has 3 aromatic heterocycles. The molecule has 0 fully saturated rings. The van der Waals surface area contributed by atoms with Crippen molar-refractivity contribution in [2.75, 3.05) is 0 Å². The third-order valence-electron chi connectivity index (χ3n) is 12.3. The molecular formula is C48H50N4. The van der Waals surface area contributed by atoms with Crippen molar-refractivity contribution in [3.63, 3.8) is 0 Å². The smallest absolute Gasteiger partial charge is 0.0959 e. The maximum absolute atomic E-state index is 4.81. The number of fused-ring (bicyclic) bond motifs is 6. The van der Waals surface area contributed by atoms with Crippen LogP contribution in [-0.4, -0.2) is 20.3 Å². The zero-order chi connectivity index (χ0) is 36.0. The molecule has 0 saturated heterocycles. The third kappa shape index (κ3) is 5.69. The Balaban J connectivity index is 1.00. The maximum atomic E-state index is 4.81. The summed E-state index contributed by atoms with van der Waals surface area (Å²) in [4.78, 5) is 9.59. The first kappa shape index (κ1) is 33.9. The van der Waals surface area contributed by atoms with Crippen molar-refractivity contribution in [1.82, 2.24) is 14.1 Å². The summed E-state index contributed by atoms with van der Waals surface area (Å²) in [6.07, 6.45) is 12.3. The van der Waals surface area contributed by atoms with Gasteiger partial charge in [0.2, 0.25) is 0 Å². The number of allylic oxidation sites excluding steroid dienone is 2. The number of benzene rings is 4. The van der Waals surface area contributed by atoms with E-state index in [9.17, 15) is 0 Å². The van der Waals surface area contributed by atoms with Crippen molar-refractivity contribution in [1.29, 1.82) is 0 Å². The molecule has 1 aliphatic heterocycles. The Morgan fingerprint density at radius 2 is 1.33 bits per heavy atom. The van der Waals surface area contributed by atoms with E-state index < -0.39 is 0 Å². The van der Waals surface area contributed by atoms with Gasteiger partial charge in [0, 0.05) is 46.7 Å². The quantitative estimate of drug-likeness (QED) is 0.141. The summed E-state index contributed by atoms with van der Waals surface area (Å²) < 4.78 is 4.94. The molecule has 4 heteroatoms. The molecule has 52 heavy (non-hydrogen) atoms. The molecule has 0 radical (unpaired) electrons. The van der Waals surface area contributed by atoms with E-state index in [0.717, 1.165) is 36.9 Å². The van der Waals surface area contributed by atoms with Gasteiger partial charge in [-0.05, 0) is 89.8 Å². The van der Waals surface area contributed by atoms with Gasteiger partial charge in [-0.25, -0.2) is 0 Å². The second kappa shape index (κ2) is 13.4.